The quantitative estimate of drug-likeness (QED) is 0.642. The summed E-state index contributed by atoms with van der Waals surface area (Å²) in [4.78, 5) is 28.1. The third-order valence-electron chi connectivity index (χ3n) is 4.36. The fraction of sp³-hybridized carbons (Fsp3) is 0.300. The van der Waals surface area contributed by atoms with Gasteiger partial charge < -0.3 is 5.32 Å². The molecule has 1 aliphatic carbocycles. The normalized spacial score (nSPS) is 13.7. The second-order valence-corrected chi connectivity index (χ2v) is 6.41. The molecule has 2 N–H and O–H groups in total. The van der Waals surface area contributed by atoms with Gasteiger partial charge in [-0.1, -0.05) is 12.1 Å². The van der Waals surface area contributed by atoms with Crippen molar-refractivity contribution in [1.29, 1.82) is 0 Å². The van der Waals surface area contributed by atoms with E-state index in [9.17, 15) is 9.59 Å². The van der Waals surface area contributed by atoms with E-state index in [0.717, 1.165) is 24.9 Å². The highest BCUT2D eigenvalue weighted by Gasteiger charge is 2.15. The molecule has 0 aliphatic heterocycles. The number of fused-ring (bicyclic) bond motifs is 1. The number of rotatable bonds is 5. The van der Waals surface area contributed by atoms with E-state index in [1.165, 1.54) is 23.7 Å². The zero-order chi connectivity index (χ0) is 18.4. The number of aryl methyl sites for hydroxylation is 1. The Morgan fingerprint density at radius 1 is 1.15 bits per heavy atom. The van der Waals surface area contributed by atoms with Crippen LogP contribution in [0.4, 0.5) is 5.69 Å². The minimum Gasteiger partial charge on any atom is -0.325 e. The largest absolute Gasteiger partial charge is 0.325 e. The molecule has 0 radical (unpaired) electrons. The molecule has 2 aromatic rings. The second-order valence-electron chi connectivity index (χ2n) is 6.41. The van der Waals surface area contributed by atoms with E-state index in [0.29, 0.717) is 11.3 Å². The molecule has 0 bridgehead atoms. The second kappa shape index (κ2) is 8.38. The van der Waals surface area contributed by atoms with Crippen LogP contribution in [0.1, 0.15) is 47.7 Å². The van der Waals surface area contributed by atoms with Crippen molar-refractivity contribution in [3.05, 3.63) is 59.4 Å². The molecular weight excluding hydrogens is 328 g/mol. The van der Waals surface area contributed by atoms with Crippen molar-refractivity contribution in [2.75, 3.05) is 5.32 Å². The summed E-state index contributed by atoms with van der Waals surface area (Å²) in [5.41, 5.74) is 6.85. The lowest BCUT2D eigenvalue weighted by Gasteiger charge is -2.19. The van der Waals surface area contributed by atoms with Gasteiger partial charge in [0, 0.05) is 23.8 Å². The van der Waals surface area contributed by atoms with Crippen LogP contribution in [0.25, 0.3) is 0 Å². The zero-order valence-electron chi connectivity index (χ0n) is 14.8. The number of carbonyl (C=O) groups excluding carboxylic acids is 2. The van der Waals surface area contributed by atoms with Gasteiger partial charge in [0.25, 0.3) is 5.91 Å². The Hall–Kier alpha value is -3.02. The first-order valence-corrected chi connectivity index (χ1v) is 8.77. The molecule has 2 amide bonds. The zero-order valence-corrected chi connectivity index (χ0v) is 14.8. The maximum Gasteiger partial charge on any atom is 0.272 e. The van der Waals surface area contributed by atoms with Crippen molar-refractivity contribution in [1.82, 2.24) is 10.4 Å². The van der Waals surface area contributed by atoms with Gasteiger partial charge in [-0.25, -0.2) is 5.43 Å². The highest BCUT2D eigenvalue weighted by molar-refractivity contribution is 6.06. The maximum atomic E-state index is 12.3. The molecule has 6 nitrogen and oxygen atoms in total. The van der Waals surface area contributed by atoms with Crippen molar-refractivity contribution >= 4 is 23.2 Å². The van der Waals surface area contributed by atoms with Crippen molar-refractivity contribution in [2.45, 2.75) is 39.0 Å². The first-order chi connectivity index (χ1) is 12.6. The van der Waals surface area contributed by atoms with Crippen molar-refractivity contribution in [3.63, 3.8) is 0 Å². The number of pyridine rings is 1. The predicted molar refractivity (Wildman–Crippen MR) is 101 cm³/mol. The van der Waals surface area contributed by atoms with Crippen LogP contribution in [0.15, 0.2) is 47.8 Å². The number of amides is 2. The maximum absolute atomic E-state index is 12.3. The minimum absolute atomic E-state index is 0.122. The van der Waals surface area contributed by atoms with Gasteiger partial charge in [0.15, 0.2) is 0 Å². The van der Waals surface area contributed by atoms with E-state index in [2.05, 4.69) is 26.9 Å². The van der Waals surface area contributed by atoms with Crippen LogP contribution in [-0.4, -0.2) is 22.5 Å². The van der Waals surface area contributed by atoms with Crippen molar-refractivity contribution in [2.24, 2.45) is 5.10 Å². The lowest BCUT2D eigenvalue weighted by atomic mass is 9.90. The molecule has 134 valence electrons. The fourth-order valence-corrected chi connectivity index (χ4v) is 3.07. The van der Waals surface area contributed by atoms with Gasteiger partial charge in [0.2, 0.25) is 5.91 Å². The standard InChI is InChI=1S/C20H22N4O2/c1-14(23-24-20(26)16-8-5-11-21-13-16)12-19(25)22-18-10-4-7-15-6-2-3-9-17(15)18/h4-5,7-8,10-11,13H,2-3,6,9,12H2,1H3,(H,22,25)(H,24,26)/b23-14-. The first-order valence-electron chi connectivity index (χ1n) is 8.77. The summed E-state index contributed by atoms with van der Waals surface area (Å²) in [6.45, 7) is 1.71. The Morgan fingerprint density at radius 3 is 2.81 bits per heavy atom. The van der Waals surface area contributed by atoms with Crippen LogP contribution in [0, 0.1) is 0 Å². The molecule has 0 atom stereocenters. The SMILES string of the molecule is C/C(CC(=O)Nc1cccc2c1CCCC2)=N/NC(=O)c1cccnc1. The molecule has 0 spiro atoms. The lowest BCUT2D eigenvalue weighted by Crippen LogP contribution is -2.22. The van der Waals surface area contributed by atoms with Gasteiger partial charge in [0.1, 0.15) is 0 Å². The molecule has 0 fully saturated rings. The molecule has 3 rings (SSSR count). The Labute approximate surface area is 152 Å². The summed E-state index contributed by atoms with van der Waals surface area (Å²) in [7, 11) is 0. The van der Waals surface area contributed by atoms with E-state index in [4.69, 9.17) is 0 Å². The monoisotopic (exact) mass is 350 g/mol. The average Bonchev–Trinajstić information content (AvgIpc) is 2.67. The molecular formula is C20H22N4O2. The average molecular weight is 350 g/mol. The van der Waals surface area contributed by atoms with E-state index in [1.54, 1.807) is 25.3 Å². The van der Waals surface area contributed by atoms with Gasteiger partial charge in [-0.3, -0.25) is 14.6 Å². The predicted octanol–water partition coefficient (Wildman–Crippen LogP) is 3.09. The minimum atomic E-state index is -0.352. The first kappa shape index (κ1) is 17.8. The van der Waals surface area contributed by atoms with Gasteiger partial charge in [-0.15, -0.1) is 0 Å². The van der Waals surface area contributed by atoms with Gasteiger partial charge in [-0.05, 0) is 61.9 Å². The Bertz CT molecular complexity index is 831. The van der Waals surface area contributed by atoms with Crippen LogP contribution in [-0.2, 0) is 17.6 Å². The van der Waals surface area contributed by atoms with Crippen LogP contribution in [0.3, 0.4) is 0 Å². The van der Waals surface area contributed by atoms with E-state index < -0.39 is 0 Å². The highest BCUT2D eigenvalue weighted by atomic mass is 16.2. The van der Waals surface area contributed by atoms with Crippen LogP contribution >= 0.6 is 0 Å². The molecule has 1 aliphatic rings. The molecule has 1 heterocycles. The van der Waals surface area contributed by atoms with Gasteiger partial charge in [0.05, 0.1) is 12.0 Å². The smallest absolute Gasteiger partial charge is 0.272 e. The Morgan fingerprint density at radius 2 is 2.00 bits per heavy atom. The summed E-state index contributed by atoms with van der Waals surface area (Å²) in [6.07, 6.45) is 7.61. The Balaban J connectivity index is 1.57. The summed E-state index contributed by atoms with van der Waals surface area (Å²) >= 11 is 0. The van der Waals surface area contributed by atoms with Crippen LogP contribution < -0.4 is 10.7 Å². The number of anilines is 1. The number of hydrogen-bond acceptors (Lipinski definition) is 4. The molecule has 0 saturated carbocycles. The number of hydrazone groups is 1. The number of benzene rings is 1. The summed E-state index contributed by atoms with van der Waals surface area (Å²) in [5, 5.41) is 6.98. The number of carbonyl (C=O) groups is 2. The van der Waals surface area contributed by atoms with E-state index in [-0.39, 0.29) is 18.2 Å². The van der Waals surface area contributed by atoms with Gasteiger partial charge >= 0.3 is 0 Å². The third kappa shape index (κ3) is 4.53. The molecule has 6 heteroatoms. The van der Waals surface area contributed by atoms with Crippen molar-refractivity contribution < 1.29 is 9.59 Å². The van der Waals surface area contributed by atoms with Crippen LogP contribution in [0.5, 0.6) is 0 Å². The van der Waals surface area contributed by atoms with E-state index >= 15 is 0 Å². The van der Waals surface area contributed by atoms with E-state index in [1.807, 2.05) is 12.1 Å². The molecule has 0 unspecified atom stereocenters. The lowest BCUT2D eigenvalue weighted by molar-refractivity contribution is -0.115. The van der Waals surface area contributed by atoms with Crippen molar-refractivity contribution in [3.8, 4) is 0 Å². The molecule has 1 aromatic heterocycles. The number of nitrogens with zero attached hydrogens (tertiary/aromatic N) is 2. The summed E-state index contributed by atoms with van der Waals surface area (Å²) < 4.78 is 0. The molecule has 26 heavy (non-hydrogen) atoms. The van der Waals surface area contributed by atoms with Crippen LogP contribution in [0.2, 0.25) is 0 Å². The topological polar surface area (TPSA) is 83.5 Å². The third-order valence-corrected chi connectivity index (χ3v) is 4.36. The number of aromatic nitrogens is 1. The number of nitrogens with one attached hydrogen (secondary N) is 2. The Kier molecular flexibility index (Phi) is 5.73. The summed E-state index contributed by atoms with van der Waals surface area (Å²) in [6, 6.07) is 9.39. The molecule has 1 aromatic carbocycles. The highest BCUT2D eigenvalue weighted by Crippen LogP contribution is 2.27. The number of hydrogen-bond donors (Lipinski definition) is 2. The fourth-order valence-electron chi connectivity index (χ4n) is 3.07. The van der Waals surface area contributed by atoms with Gasteiger partial charge in [-0.2, -0.15) is 5.10 Å². The molecule has 0 saturated heterocycles. The summed E-state index contributed by atoms with van der Waals surface area (Å²) in [5.74, 6) is -0.490.